The second kappa shape index (κ2) is 7.83. The molecule has 0 heterocycles. The van der Waals surface area contributed by atoms with E-state index in [1.807, 2.05) is 48.5 Å². The third kappa shape index (κ3) is 4.90. The van der Waals surface area contributed by atoms with Gasteiger partial charge in [-0.1, -0.05) is 36.4 Å². The number of benzene rings is 2. The van der Waals surface area contributed by atoms with Gasteiger partial charge in [0.05, 0.1) is 10.7 Å². The maximum atomic E-state index is 11.1. The van der Waals surface area contributed by atoms with Gasteiger partial charge in [0.1, 0.15) is 12.4 Å². The van der Waals surface area contributed by atoms with Crippen LogP contribution in [0.25, 0.3) is 6.08 Å². The summed E-state index contributed by atoms with van der Waals surface area (Å²) in [5.41, 5.74) is 2.06. The Labute approximate surface area is 137 Å². The van der Waals surface area contributed by atoms with E-state index in [1.165, 1.54) is 13.2 Å². The lowest BCUT2D eigenvalue weighted by molar-refractivity contribution is -0.134. The van der Waals surface area contributed by atoms with Crippen molar-refractivity contribution in [3.63, 3.8) is 0 Å². The van der Waals surface area contributed by atoms with E-state index in [0.29, 0.717) is 6.61 Å². The lowest BCUT2D eigenvalue weighted by Gasteiger charge is -2.09. The molecule has 0 radical (unpaired) electrons. The first-order chi connectivity index (χ1) is 10.2. The number of rotatable bonds is 5. The molecule has 0 spiro atoms. The third-order valence-corrected chi connectivity index (χ3v) is 3.65. The second-order valence-electron chi connectivity index (χ2n) is 4.32. The minimum absolute atomic E-state index is 0.366. The summed E-state index contributed by atoms with van der Waals surface area (Å²) in [6.45, 7) is 0.536. The van der Waals surface area contributed by atoms with Crippen LogP contribution in [0.3, 0.4) is 0 Å². The summed E-state index contributed by atoms with van der Waals surface area (Å²) in [6.07, 6.45) is 3.12. The molecule has 2 aromatic carbocycles. The molecule has 0 bridgehead atoms. The molecule has 108 valence electrons. The Morgan fingerprint density at radius 2 is 1.95 bits per heavy atom. The number of ether oxygens (including phenoxy) is 2. The summed E-state index contributed by atoms with van der Waals surface area (Å²) in [7, 11) is 1.36. The fourth-order valence-electron chi connectivity index (χ4n) is 1.71. The van der Waals surface area contributed by atoms with Crippen LogP contribution in [0.5, 0.6) is 5.75 Å². The van der Waals surface area contributed by atoms with Crippen LogP contribution in [0, 0.1) is 3.57 Å². The average Bonchev–Trinajstić information content (AvgIpc) is 2.52. The summed E-state index contributed by atoms with van der Waals surface area (Å²) >= 11 is 2.22. The van der Waals surface area contributed by atoms with E-state index in [4.69, 9.17) is 4.74 Å². The van der Waals surface area contributed by atoms with Crippen LogP contribution in [0.15, 0.2) is 54.6 Å². The van der Waals surface area contributed by atoms with Crippen LogP contribution in [0.1, 0.15) is 11.1 Å². The lowest BCUT2D eigenvalue weighted by Crippen LogP contribution is -1.97. The Morgan fingerprint density at radius 1 is 1.19 bits per heavy atom. The molecule has 0 aliphatic heterocycles. The van der Waals surface area contributed by atoms with Crippen LogP contribution < -0.4 is 4.74 Å². The molecule has 21 heavy (non-hydrogen) atoms. The van der Waals surface area contributed by atoms with Gasteiger partial charge >= 0.3 is 5.97 Å². The van der Waals surface area contributed by atoms with E-state index in [0.717, 1.165) is 20.4 Å². The number of carbonyl (C=O) groups excluding carboxylic acids is 1. The summed E-state index contributed by atoms with van der Waals surface area (Å²) in [5.74, 6) is 0.462. The monoisotopic (exact) mass is 394 g/mol. The zero-order valence-corrected chi connectivity index (χ0v) is 13.7. The molecule has 0 amide bonds. The summed E-state index contributed by atoms with van der Waals surface area (Å²) < 4.78 is 11.4. The van der Waals surface area contributed by atoms with Gasteiger partial charge < -0.3 is 9.47 Å². The molecule has 0 saturated carbocycles. The molecule has 0 fully saturated rings. The molecule has 2 aromatic rings. The molecule has 0 saturated heterocycles. The molecule has 0 N–H and O–H groups in total. The van der Waals surface area contributed by atoms with Crippen LogP contribution in [-0.2, 0) is 16.1 Å². The highest BCUT2D eigenvalue weighted by atomic mass is 127. The topological polar surface area (TPSA) is 35.5 Å². The normalized spacial score (nSPS) is 10.6. The highest BCUT2D eigenvalue weighted by molar-refractivity contribution is 14.1. The molecule has 0 unspecified atom stereocenters. The van der Waals surface area contributed by atoms with Gasteiger partial charge in [0.25, 0.3) is 0 Å². The number of esters is 1. The third-order valence-electron chi connectivity index (χ3n) is 2.81. The Kier molecular flexibility index (Phi) is 5.80. The van der Waals surface area contributed by atoms with Crippen LogP contribution in [0.2, 0.25) is 0 Å². The first-order valence-electron chi connectivity index (χ1n) is 6.41. The average molecular weight is 394 g/mol. The molecular weight excluding hydrogens is 379 g/mol. The fourth-order valence-corrected chi connectivity index (χ4v) is 2.40. The van der Waals surface area contributed by atoms with Crippen molar-refractivity contribution in [2.75, 3.05) is 7.11 Å². The van der Waals surface area contributed by atoms with Gasteiger partial charge in [-0.15, -0.1) is 0 Å². The van der Waals surface area contributed by atoms with Crippen molar-refractivity contribution >= 4 is 34.6 Å². The maximum Gasteiger partial charge on any atom is 0.330 e. The van der Waals surface area contributed by atoms with Crippen molar-refractivity contribution in [2.24, 2.45) is 0 Å². The number of hydrogen-bond acceptors (Lipinski definition) is 3. The van der Waals surface area contributed by atoms with Crippen molar-refractivity contribution in [2.45, 2.75) is 6.61 Å². The maximum absolute atomic E-state index is 11.1. The van der Waals surface area contributed by atoms with Crippen LogP contribution in [0.4, 0.5) is 0 Å². The fraction of sp³-hybridized carbons (Fsp3) is 0.118. The largest absolute Gasteiger partial charge is 0.488 e. The lowest BCUT2D eigenvalue weighted by atomic mass is 10.2. The molecule has 0 aromatic heterocycles. The number of methoxy groups -OCH3 is 1. The molecule has 4 heteroatoms. The van der Waals surface area contributed by atoms with Gasteiger partial charge in [0.15, 0.2) is 0 Å². The van der Waals surface area contributed by atoms with E-state index >= 15 is 0 Å². The molecule has 3 nitrogen and oxygen atoms in total. The second-order valence-corrected chi connectivity index (χ2v) is 5.48. The van der Waals surface area contributed by atoms with Crippen LogP contribution >= 0.6 is 22.6 Å². The SMILES string of the molecule is COC(=O)/C=C/c1ccc(OCc2ccccc2)c(I)c1. The minimum atomic E-state index is -0.366. The predicted octanol–water partition coefficient (Wildman–Crippen LogP) is 4.06. The van der Waals surface area contributed by atoms with E-state index < -0.39 is 0 Å². The van der Waals surface area contributed by atoms with Crippen molar-refractivity contribution in [1.29, 1.82) is 0 Å². The van der Waals surface area contributed by atoms with E-state index in [1.54, 1.807) is 6.08 Å². The summed E-state index contributed by atoms with van der Waals surface area (Å²) in [6, 6.07) is 15.8. The Balaban J connectivity index is 2.02. The zero-order valence-electron chi connectivity index (χ0n) is 11.6. The van der Waals surface area contributed by atoms with E-state index in [9.17, 15) is 4.79 Å². The minimum Gasteiger partial charge on any atom is -0.488 e. The van der Waals surface area contributed by atoms with Gasteiger partial charge in [0.2, 0.25) is 0 Å². The smallest absolute Gasteiger partial charge is 0.330 e. The van der Waals surface area contributed by atoms with E-state index in [2.05, 4.69) is 27.3 Å². The summed E-state index contributed by atoms with van der Waals surface area (Å²) in [4.78, 5) is 11.1. The van der Waals surface area contributed by atoms with Gasteiger partial charge in [0, 0.05) is 6.08 Å². The Hall–Kier alpha value is -1.82. The predicted molar refractivity (Wildman–Crippen MR) is 91.0 cm³/mol. The quantitative estimate of drug-likeness (QED) is 0.436. The zero-order chi connectivity index (χ0) is 15.1. The highest BCUT2D eigenvalue weighted by Gasteiger charge is 2.02. The first-order valence-corrected chi connectivity index (χ1v) is 7.49. The molecular formula is C17H15IO3. The van der Waals surface area contributed by atoms with E-state index in [-0.39, 0.29) is 5.97 Å². The van der Waals surface area contributed by atoms with Crippen molar-refractivity contribution in [3.8, 4) is 5.75 Å². The number of carbonyl (C=O) groups is 1. The molecule has 0 aliphatic rings. The summed E-state index contributed by atoms with van der Waals surface area (Å²) in [5, 5.41) is 0. The van der Waals surface area contributed by atoms with Crippen molar-refractivity contribution < 1.29 is 14.3 Å². The molecule has 0 aliphatic carbocycles. The van der Waals surface area contributed by atoms with Gasteiger partial charge in [-0.05, 0) is 51.9 Å². The van der Waals surface area contributed by atoms with Crippen molar-refractivity contribution in [1.82, 2.24) is 0 Å². The molecule has 0 atom stereocenters. The number of halogens is 1. The van der Waals surface area contributed by atoms with Crippen molar-refractivity contribution in [3.05, 3.63) is 69.3 Å². The highest BCUT2D eigenvalue weighted by Crippen LogP contribution is 2.23. The number of hydrogen-bond donors (Lipinski definition) is 0. The molecule has 2 rings (SSSR count). The van der Waals surface area contributed by atoms with Crippen LogP contribution in [-0.4, -0.2) is 13.1 Å². The first kappa shape index (κ1) is 15.6. The Morgan fingerprint density at radius 3 is 2.62 bits per heavy atom. The van der Waals surface area contributed by atoms with Gasteiger partial charge in [-0.2, -0.15) is 0 Å². The van der Waals surface area contributed by atoms with Gasteiger partial charge in [-0.3, -0.25) is 0 Å². The standard InChI is InChI=1S/C17H15IO3/c1-20-17(19)10-8-13-7-9-16(15(18)11-13)21-12-14-5-3-2-4-6-14/h2-11H,12H2,1H3/b10-8+. The Bertz CT molecular complexity index is 636. The van der Waals surface area contributed by atoms with Gasteiger partial charge in [-0.25, -0.2) is 4.79 Å².